The van der Waals surface area contributed by atoms with Gasteiger partial charge in [-0.1, -0.05) is 5.92 Å². The molecule has 0 saturated heterocycles. The molecule has 0 unspecified atom stereocenters. The number of carboxylic acids is 1. The SMILES string of the molecule is C#CCN(CC(=O)O)CC(=O)Nc1cc(F)cc(F)c1. The lowest BCUT2D eigenvalue weighted by Gasteiger charge is -2.16. The Morgan fingerprint density at radius 3 is 2.35 bits per heavy atom. The molecule has 0 saturated carbocycles. The summed E-state index contributed by atoms with van der Waals surface area (Å²) >= 11 is 0. The molecule has 1 aromatic rings. The Kier molecular flexibility index (Phi) is 5.62. The molecular formula is C13H12F2N2O3. The third-order valence-corrected chi connectivity index (χ3v) is 2.19. The van der Waals surface area contributed by atoms with Crippen LogP contribution in [0.25, 0.3) is 0 Å². The number of terminal acetylenes is 1. The standard InChI is InChI=1S/C13H12F2N2O3/c1-2-3-17(8-13(19)20)7-12(18)16-11-5-9(14)4-10(15)6-11/h1,4-6H,3,7-8H2,(H,16,18)(H,19,20). The van der Waals surface area contributed by atoms with Crippen molar-refractivity contribution in [1.29, 1.82) is 0 Å². The molecule has 0 atom stereocenters. The monoisotopic (exact) mass is 282 g/mol. The number of carbonyl (C=O) groups excluding carboxylic acids is 1. The van der Waals surface area contributed by atoms with Crippen molar-refractivity contribution in [3.63, 3.8) is 0 Å². The molecule has 20 heavy (non-hydrogen) atoms. The second-order valence-electron chi connectivity index (χ2n) is 3.95. The number of hydrogen-bond donors (Lipinski definition) is 2. The third-order valence-electron chi connectivity index (χ3n) is 2.19. The number of halogens is 2. The summed E-state index contributed by atoms with van der Waals surface area (Å²) in [6.45, 7) is -0.735. The fourth-order valence-electron chi connectivity index (χ4n) is 1.52. The molecule has 0 bridgehead atoms. The van der Waals surface area contributed by atoms with Gasteiger partial charge in [-0.05, 0) is 12.1 Å². The number of nitrogens with one attached hydrogen (secondary N) is 1. The van der Waals surface area contributed by atoms with Crippen LogP contribution in [0.4, 0.5) is 14.5 Å². The number of carboxylic acid groups (broad SMARTS) is 1. The molecule has 1 amide bonds. The van der Waals surface area contributed by atoms with Crippen LogP contribution in [-0.2, 0) is 9.59 Å². The highest BCUT2D eigenvalue weighted by molar-refractivity contribution is 5.92. The number of hydrogen-bond acceptors (Lipinski definition) is 3. The minimum Gasteiger partial charge on any atom is -0.480 e. The predicted molar refractivity (Wildman–Crippen MR) is 67.9 cm³/mol. The van der Waals surface area contributed by atoms with Crippen molar-refractivity contribution < 1.29 is 23.5 Å². The van der Waals surface area contributed by atoms with E-state index >= 15 is 0 Å². The highest BCUT2D eigenvalue weighted by Gasteiger charge is 2.13. The zero-order chi connectivity index (χ0) is 15.1. The second kappa shape index (κ2) is 7.21. The van der Waals surface area contributed by atoms with Crippen LogP contribution in [0, 0.1) is 24.0 Å². The van der Waals surface area contributed by atoms with Crippen LogP contribution < -0.4 is 5.32 Å². The molecule has 0 radical (unpaired) electrons. The van der Waals surface area contributed by atoms with Crippen LogP contribution in [0.15, 0.2) is 18.2 Å². The van der Waals surface area contributed by atoms with E-state index in [0.717, 1.165) is 12.1 Å². The predicted octanol–water partition coefficient (Wildman–Crippen LogP) is 0.923. The first kappa shape index (κ1) is 15.6. The fraction of sp³-hybridized carbons (Fsp3) is 0.231. The molecule has 0 aliphatic carbocycles. The van der Waals surface area contributed by atoms with Gasteiger partial charge in [-0.25, -0.2) is 8.78 Å². The zero-order valence-corrected chi connectivity index (χ0v) is 10.4. The van der Waals surface area contributed by atoms with Crippen LogP contribution in [0.3, 0.4) is 0 Å². The highest BCUT2D eigenvalue weighted by atomic mass is 19.1. The Morgan fingerprint density at radius 2 is 1.85 bits per heavy atom. The number of carbonyl (C=O) groups is 2. The topological polar surface area (TPSA) is 69.6 Å². The lowest BCUT2D eigenvalue weighted by molar-refractivity contribution is -0.138. The van der Waals surface area contributed by atoms with E-state index in [1.807, 2.05) is 0 Å². The van der Waals surface area contributed by atoms with E-state index in [4.69, 9.17) is 11.5 Å². The lowest BCUT2D eigenvalue weighted by atomic mass is 10.3. The maximum Gasteiger partial charge on any atom is 0.317 e. The number of benzene rings is 1. The van der Waals surface area contributed by atoms with Crippen molar-refractivity contribution in [1.82, 2.24) is 4.90 Å². The van der Waals surface area contributed by atoms with Gasteiger partial charge in [-0.15, -0.1) is 6.42 Å². The van der Waals surface area contributed by atoms with Crippen molar-refractivity contribution in [2.75, 3.05) is 25.0 Å². The molecule has 0 aliphatic heterocycles. The van der Waals surface area contributed by atoms with E-state index in [2.05, 4.69) is 11.2 Å². The first-order chi connectivity index (χ1) is 9.40. The maximum atomic E-state index is 12.9. The Morgan fingerprint density at radius 1 is 1.25 bits per heavy atom. The van der Waals surface area contributed by atoms with Gasteiger partial charge in [0.2, 0.25) is 5.91 Å². The van der Waals surface area contributed by atoms with Crippen LogP contribution in [0.5, 0.6) is 0 Å². The average Bonchev–Trinajstić information content (AvgIpc) is 2.26. The molecular weight excluding hydrogens is 270 g/mol. The lowest BCUT2D eigenvalue weighted by Crippen LogP contribution is -2.37. The number of anilines is 1. The molecule has 2 N–H and O–H groups in total. The molecule has 0 aromatic heterocycles. The van der Waals surface area contributed by atoms with E-state index in [9.17, 15) is 18.4 Å². The quantitative estimate of drug-likeness (QED) is 0.761. The summed E-state index contributed by atoms with van der Waals surface area (Å²) in [6.07, 6.45) is 5.06. The Bertz CT molecular complexity index is 535. The first-order valence-corrected chi connectivity index (χ1v) is 5.54. The largest absolute Gasteiger partial charge is 0.480 e. The minimum absolute atomic E-state index is 0.0305. The van der Waals surface area contributed by atoms with Gasteiger partial charge >= 0.3 is 5.97 Å². The van der Waals surface area contributed by atoms with Crippen molar-refractivity contribution in [2.45, 2.75) is 0 Å². The average molecular weight is 282 g/mol. The van der Waals surface area contributed by atoms with E-state index < -0.39 is 30.1 Å². The zero-order valence-electron chi connectivity index (χ0n) is 10.4. The van der Waals surface area contributed by atoms with Gasteiger partial charge in [-0.2, -0.15) is 0 Å². The summed E-state index contributed by atoms with van der Waals surface area (Å²) < 4.78 is 25.9. The van der Waals surface area contributed by atoms with E-state index in [1.165, 1.54) is 4.90 Å². The van der Waals surface area contributed by atoms with Crippen molar-refractivity contribution >= 4 is 17.6 Å². The molecule has 1 rings (SSSR count). The van der Waals surface area contributed by atoms with Gasteiger partial charge in [0.05, 0.1) is 19.6 Å². The highest BCUT2D eigenvalue weighted by Crippen LogP contribution is 2.12. The second-order valence-corrected chi connectivity index (χ2v) is 3.95. The molecule has 0 fully saturated rings. The maximum absolute atomic E-state index is 12.9. The van der Waals surface area contributed by atoms with Gasteiger partial charge in [0, 0.05) is 11.8 Å². The normalized spacial score (nSPS) is 10.1. The Hall–Kier alpha value is -2.46. The van der Waals surface area contributed by atoms with Gasteiger partial charge < -0.3 is 10.4 Å². The first-order valence-electron chi connectivity index (χ1n) is 5.54. The van der Waals surface area contributed by atoms with Crippen LogP contribution in [-0.4, -0.2) is 41.5 Å². The summed E-state index contributed by atoms with van der Waals surface area (Å²) in [5.74, 6) is -1.19. The van der Waals surface area contributed by atoms with E-state index in [1.54, 1.807) is 0 Å². The molecule has 7 heteroatoms. The molecule has 106 valence electrons. The summed E-state index contributed by atoms with van der Waals surface area (Å²) in [5, 5.41) is 10.9. The van der Waals surface area contributed by atoms with Crippen molar-refractivity contribution in [2.24, 2.45) is 0 Å². The van der Waals surface area contributed by atoms with Gasteiger partial charge in [0.1, 0.15) is 11.6 Å². The number of nitrogens with zero attached hydrogens (tertiary/aromatic N) is 1. The van der Waals surface area contributed by atoms with Crippen molar-refractivity contribution in [3.05, 3.63) is 29.8 Å². The van der Waals surface area contributed by atoms with E-state index in [0.29, 0.717) is 6.07 Å². The number of rotatable bonds is 6. The minimum atomic E-state index is -1.13. The Labute approximate surface area is 114 Å². The fourth-order valence-corrected chi connectivity index (χ4v) is 1.52. The summed E-state index contributed by atoms with van der Waals surface area (Å²) in [7, 11) is 0. The van der Waals surface area contributed by atoms with Gasteiger partial charge in [0.25, 0.3) is 0 Å². The van der Waals surface area contributed by atoms with Crippen LogP contribution in [0.2, 0.25) is 0 Å². The molecule has 5 nitrogen and oxygen atoms in total. The van der Waals surface area contributed by atoms with Gasteiger partial charge in [-0.3, -0.25) is 14.5 Å². The molecule has 0 heterocycles. The van der Waals surface area contributed by atoms with Crippen LogP contribution >= 0.6 is 0 Å². The summed E-state index contributed by atoms with van der Waals surface area (Å²) in [4.78, 5) is 23.4. The van der Waals surface area contributed by atoms with E-state index in [-0.39, 0.29) is 18.8 Å². The summed E-state index contributed by atoms with van der Waals surface area (Å²) in [5.41, 5.74) is -0.0523. The molecule has 0 aliphatic rings. The number of aliphatic carboxylic acids is 1. The van der Waals surface area contributed by atoms with Gasteiger partial charge in [0.15, 0.2) is 0 Å². The van der Waals surface area contributed by atoms with Crippen molar-refractivity contribution in [3.8, 4) is 12.3 Å². The molecule has 0 spiro atoms. The number of amides is 1. The van der Waals surface area contributed by atoms with Crippen LogP contribution in [0.1, 0.15) is 0 Å². The smallest absolute Gasteiger partial charge is 0.317 e. The molecule has 1 aromatic carbocycles. The Balaban J connectivity index is 2.65. The third kappa shape index (κ3) is 5.46. The summed E-state index contributed by atoms with van der Waals surface area (Å²) in [6, 6.07) is 2.57.